The Morgan fingerprint density at radius 1 is 1.29 bits per heavy atom. The van der Waals surface area contributed by atoms with Crippen molar-refractivity contribution in [3.05, 3.63) is 29.8 Å². The van der Waals surface area contributed by atoms with Crippen LogP contribution in [0.15, 0.2) is 24.3 Å². The van der Waals surface area contributed by atoms with E-state index in [9.17, 15) is 9.59 Å². The van der Waals surface area contributed by atoms with Crippen molar-refractivity contribution in [2.45, 2.75) is 44.2 Å². The monoisotopic (exact) mass is 292 g/mol. The largest absolute Gasteiger partial charge is 0.490 e. The Balaban J connectivity index is 2.03. The maximum atomic E-state index is 11.0. The van der Waals surface area contributed by atoms with Gasteiger partial charge in [-0.3, -0.25) is 4.79 Å². The molecule has 0 spiro atoms. The Hall–Kier alpha value is -2.24. The molecule has 1 fully saturated rings. The molecule has 4 N–H and O–H groups in total. The van der Waals surface area contributed by atoms with Gasteiger partial charge in [0.15, 0.2) is 0 Å². The van der Waals surface area contributed by atoms with E-state index in [0.29, 0.717) is 5.56 Å². The molecule has 1 aliphatic carbocycles. The number of carbonyl (C=O) groups excluding carboxylic acids is 1. The second-order valence-corrected chi connectivity index (χ2v) is 5.25. The van der Waals surface area contributed by atoms with Crippen molar-refractivity contribution < 1.29 is 19.4 Å². The maximum absolute atomic E-state index is 11.0. The summed E-state index contributed by atoms with van der Waals surface area (Å²) in [6, 6.07) is 5.73. The van der Waals surface area contributed by atoms with Crippen LogP contribution < -0.4 is 15.8 Å². The second kappa shape index (κ2) is 6.97. The Labute approximate surface area is 123 Å². The number of urea groups is 1. The standard InChI is InChI=1S/C15H20N2O4/c16-15(20)17-13(9-14(18)19)10-5-7-12(8-6-10)21-11-3-1-2-4-11/h5-8,11,13H,1-4,9H2,(H,18,19)(H3,16,17,20)/t13-/m0/s1. The number of carbonyl (C=O) groups is 2. The highest BCUT2D eigenvalue weighted by Crippen LogP contribution is 2.26. The molecule has 1 aromatic carbocycles. The first-order chi connectivity index (χ1) is 10.0. The molecule has 6 nitrogen and oxygen atoms in total. The molecule has 2 rings (SSSR count). The van der Waals surface area contributed by atoms with E-state index < -0.39 is 18.0 Å². The first-order valence-electron chi connectivity index (χ1n) is 7.09. The lowest BCUT2D eigenvalue weighted by Gasteiger charge is -2.17. The Kier molecular flexibility index (Phi) is 5.03. The normalized spacial score (nSPS) is 16.4. The number of hydrogen-bond acceptors (Lipinski definition) is 3. The van der Waals surface area contributed by atoms with Crippen LogP contribution in [0.2, 0.25) is 0 Å². The van der Waals surface area contributed by atoms with Crippen LogP contribution >= 0.6 is 0 Å². The predicted octanol–water partition coefficient (Wildman–Crippen LogP) is 2.19. The average molecular weight is 292 g/mol. The summed E-state index contributed by atoms with van der Waals surface area (Å²) in [7, 11) is 0. The fraction of sp³-hybridized carbons (Fsp3) is 0.467. The molecular formula is C15H20N2O4. The van der Waals surface area contributed by atoms with Crippen molar-refractivity contribution in [2.75, 3.05) is 0 Å². The Morgan fingerprint density at radius 3 is 2.43 bits per heavy atom. The van der Waals surface area contributed by atoms with Gasteiger partial charge in [-0.1, -0.05) is 12.1 Å². The first kappa shape index (κ1) is 15.2. The quantitative estimate of drug-likeness (QED) is 0.748. The second-order valence-electron chi connectivity index (χ2n) is 5.25. The number of carboxylic acid groups (broad SMARTS) is 1. The number of nitrogens with two attached hydrogens (primary N) is 1. The molecule has 1 saturated carbocycles. The van der Waals surface area contributed by atoms with Gasteiger partial charge in [0.1, 0.15) is 5.75 Å². The van der Waals surface area contributed by atoms with Crippen LogP contribution in [0.5, 0.6) is 5.75 Å². The van der Waals surface area contributed by atoms with Crippen molar-refractivity contribution in [3.63, 3.8) is 0 Å². The van der Waals surface area contributed by atoms with Crippen molar-refractivity contribution in [1.82, 2.24) is 5.32 Å². The molecule has 0 heterocycles. The zero-order chi connectivity index (χ0) is 15.2. The molecule has 0 aliphatic heterocycles. The van der Waals surface area contributed by atoms with Gasteiger partial charge in [0, 0.05) is 0 Å². The highest BCUT2D eigenvalue weighted by molar-refractivity contribution is 5.74. The number of primary amides is 1. The van der Waals surface area contributed by atoms with Crippen molar-refractivity contribution in [1.29, 1.82) is 0 Å². The summed E-state index contributed by atoms with van der Waals surface area (Å²) in [5.41, 5.74) is 5.77. The van der Waals surface area contributed by atoms with Crippen LogP contribution in [-0.4, -0.2) is 23.2 Å². The number of carboxylic acids is 1. The molecule has 2 amide bonds. The van der Waals surface area contributed by atoms with Gasteiger partial charge in [-0.2, -0.15) is 0 Å². The molecule has 0 bridgehead atoms. The highest BCUT2D eigenvalue weighted by atomic mass is 16.5. The van der Waals surface area contributed by atoms with E-state index in [-0.39, 0.29) is 12.5 Å². The summed E-state index contributed by atoms with van der Waals surface area (Å²) in [4.78, 5) is 21.8. The predicted molar refractivity (Wildman–Crippen MR) is 77.0 cm³/mol. The molecule has 6 heteroatoms. The summed E-state index contributed by atoms with van der Waals surface area (Å²) in [6.07, 6.45) is 4.61. The van der Waals surface area contributed by atoms with Crippen molar-refractivity contribution in [3.8, 4) is 5.75 Å². The average Bonchev–Trinajstić information content (AvgIpc) is 2.90. The van der Waals surface area contributed by atoms with Crippen molar-refractivity contribution >= 4 is 12.0 Å². The molecule has 0 saturated heterocycles. The van der Waals surface area contributed by atoms with Gasteiger partial charge in [-0.25, -0.2) is 4.79 Å². The number of hydrogen-bond donors (Lipinski definition) is 3. The van der Waals surface area contributed by atoms with Gasteiger partial charge in [0.2, 0.25) is 0 Å². The molecule has 0 aromatic heterocycles. The fourth-order valence-corrected chi connectivity index (χ4v) is 2.58. The van der Waals surface area contributed by atoms with Crippen LogP contribution in [0.3, 0.4) is 0 Å². The molecule has 0 unspecified atom stereocenters. The number of ether oxygens (including phenoxy) is 1. The smallest absolute Gasteiger partial charge is 0.312 e. The van der Waals surface area contributed by atoms with Crippen molar-refractivity contribution in [2.24, 2.45) is 5.73 Å². The number of aliphatic carboxylic acids is 1. The van der Waals surface area contributed by atoms with Gasteiger partial charge >= 0.3 is 12.0 Å². The highest BCUT2D eigenvalue weighted by Gasteiger charge is 2.18. The summed E-state index contributed by atoms with van der Waals surface area (Å²) < 4.78 is 5.84. The summed E-state index contributed by atoms with van der Waals surface area (Å²) in [6.45, 7) is 0. The van der Waals surface area contributed by atoms with Gasteiger partial charge in [-0.15, -0.1) is 0 Å². The number of nitrogens with one attached hydrogen (secondary N) is 1. The minimum Gasteiger partial charge on any atom is -0.490 e. The number of rotatable bonds is 6. The lowest BCUT2D eigenvalue weighted by molar-refractivity contribution is -0.137. The van der Waals surface area contributed by atoms with E-state index in [1.807, 2.05) is 0 Å². The van der Waals surface area contributed by atoms with E-state index in [1.54, 1.807) is 24.3 Å². The Morgan fingerprint density at radius 2 is 1.90 bits per heavy atom. The SMILES string of the molecule is NC(=O)N[C@@H](CC(=O)O)c1ccc(OC2CCCC2)cc1. The zero-order valence-corrected chi connectivity index (χ0v) is 11.7. The molecule has 1 aromatic rings. The van der Waals surface area contributed by atoms with Gasteiger partial charge in [0.05, 0.1) is 18.6 Å². The third kappa shape index (κ3) is 4.66. The van der Waals surface area contributed by atoms with Gasteiger partial charge < -0.3 is 20.9 Å². The number of amides is 2. The van der Waals surface area contributed by atoms with E-state index in [2.05, 4.69) is 5.32 Å². The molecule has 0 radical (unpaired) electrons. The van der Waals surface area contributed by atoms with E-state index >= 15 is 0 Å². The van der Waals surface area contributed by atoms with Crippen LogP contribution in [0.4, 0.5) is 4.79 Å². The summed E-state index contributed by atoms with van der Waals surface area (Å²) >= 11 is 0. The zero-order valence-electron chi connectivity index (χ0n) is 11.7. The van der Waals surface area contributed by atoms with E-state index in [4.69, 9.17) is 15.6 Å². The molecule has 114 valence electrons. The van der Waals surface area contributed by atoms with E-state index in [0.717, 1.165) is 18.6 Å². The van der Waals surface area contributed by atoms with Crippen LogP contribution in [-0.2, 0) is 4.79 Å². The van der Waals surface area contributed by atoms with E-state index in [1.165, 1.54) is 12.8 Å². The topological polar surface area (TPSA) is 102 Å². The third-order valence-electron chi connectivity index (χ3n) is 3.58. The van der Waals surface area contributed by atoms with Crippen LogP contribution in [0, 0.1) is 0 Å². The minimum atomic E-state index is -1.000. The summed E-state index contributed by atoms with van der Waals surface area (Å²) in [5, 5.41) is 11.3. The number of benzene rings is 1. The van der Waals surface area contributed by atoms with Gasteiger partial charge in [0.25, 0.3) is 0 Å². The molecule has 1 aliphatic rings. The van der Waals surface area contributed by atoms with Gasteiger partial charge in [-0.05, 0) is 43.4 Å². The lowest BCUT2D eigenvalue weighted by atomic mass is 10.0. The minimum absolute atomic E-state index is 0.216. The maximum Gasteiger partial charge on any atom is 0.312 e. The first-order valence-corrected chi connectivity index (χ1v) is 7.09. The van der Waals surface area contributed by atoms with Crippen LogP contribution in [0.1, 0.15) is 43.7 Å². The third-order valence-corrected chi connectivity index (χ3v) is 3.58. The Bertz CT molecular complexity index is 479. The molecule has 1 atom stereocenters. The van der Waals surface area contributed by atoms with Crippen LogP contribution in [0.25, 0.3) is 0 Å². The fourth-order valence-electron chi connectivity index (χ4n) is 2.58. The summed E-state index contributed by atoms with van der Waals surface area (Å²) in [5.74, 6) is -0.237. The lowest BCUT2D eigenvalue weighted by Crippen LogP contribution is -2.34. The molecular weight excluding hydrogens is 272 g/mol. The molecule has 21 heavy (non-hydrogen) atoms.